The number of amides is 1. The van der Waals surface area contributed by atoms with Gasteiger partial charge in [0.1, 0.15) is 0 Å². The molecule has 0 radical (unpaired) electrons. The standard InChI is InChI=1S/C22H22ClN3O3S/c1-15-6-7-21-19(12-15)20(13-16(2)24-21)22(27)25-8-10-26(11-9-25)30(28,29)18-5-3-4-17(23)14-18/h3-7,12-14H,8-11H2,1-2H3. The zero-order valence-electron chi connectivity index (χ0n) is 16.8. The van der Waals surface area contributed by atoms with Crippen LogP contribution in [-0.4, -0.2) is 54.7 Å². The minimum Gasteiger partial charge on any atom is -0.336 e. The first-order valence-electron chi connectivity index (χ1n) is 9.69. The second kappa shape index (κ2) is 7.98. The number of aryl methyl sites for hydroxylation is 2. The van der Waals surface area contributed by atoms with Gasteiger partial charge < -0.3 is 4.90 Å². The quantitative estimate of drug-likeness (QED) is 0.619. The molecule has 0 unspecified atom stereocenters. The highest BCUT2D eigenvalue weighted by Crippen LogP contribution is 2.24. The van der Waals surface area contributed by atoms with E-state index in [4.69, 9.17) is 11.6 Å². The molecule has 4 rings (SSSR count). The van der Waals surface area contributed by atoms with Gasteiger partial charge in [0, 0.05) is 42.3 Å². The molecule has 2 aromatic carbocycles. The average Bonchev–Trinajstić information content (AvgIpc) is 2.73. The van der Waals surface area contributed by atoms with Crippen molar-refractivity contribution in [3.05, 3.63) is 70.4 Å². The fourth-order valence-electron chi connectivity index (χ4n) is 3.73. The summed E-state index contributed by atoms with van der Waals surface area (Å²) in [5.41, 5.74) is 3.22. The van der Waals surface area contributed by atoms with Crippen LogP contribution in [0.2, 0.25) is 5.02 Å². The highest BCUT2D eigenvalue weighted by molar-refractivity contribution is 7.89. The van der Waals surface area contributed by atoms with Gasteiger partial charge in [0.2, 0.25) is 10.0 Å². The third kappa shape index (κ3) is 3.93. The molecule has 3 aromatic rings. The maximum absolute atomic E-state index is 13.3. The first-order chi connectivity index (χ1) is 14.3. The van der Waals surface area contributed by atoms with E-state index in [0.29, 0.717) is 23.7 Å². The van der Waals surface area contributed by atoms with Crippen LogP contribution in [0.15, 0.2) is 53.4 Å². The van der Waals surface area contributed by atoms with E-state index in [2.05, 4.69) is 4.98 Å². The number of rotatable bonds is 3. The number of carbonyl (C=O) groups excluding carboxylic acids is 1. The molecule has 0 saturated carbocycles. The van der Waals surface area contributed by atoms with Crippen LogP contribution in [0.25, 0.3) is 10.9 Å². The van der Waals surface area contributed by atoms with Crippen LogP contribution in [0.5, 0.6) is 0 Å². The lowest BCUT2D eigenvalue weighted by Crippen LogP contribution is -2.50. The number of pyridine rings is 1. The number of sulfonamides is 1. The summed E-state index contributed by atoms with van der Waals surface area (Å²) in [6.45, 7) is 4.97. The number of benzene rings is 2. The van der Waals surface area contributed by atoms with Gasteiger partial charge in [-0.3, -0.25) is 9.78 Å². The van der Waals surface area contributed by atoms with Crippen LogP contribution in [0.1, 0.15) is 21.6 Å². The van der Waals surface area contributed by atoms with Crippen LogP contribution in [0.4, 0.5) is 0 Å². The van der Waals surface area contributed by atoms with Crippen molar-refractivity contribution in [2.45, 2.75) is 18.7 Å². The van der Waals surface area contributed by atoms with Crippen LogP contribution < -0.4 is 0 Å². The molecule has 2 heterocycles. The van der Waals surface area contributed by atoms with Gasteiger partial charge in [-0.1, -0.05) is 29.3 Å². The Morgan fingerprint density at radius 1 is 1.00 bits per heavy atom. The van der Waals surface area contributed by atoms with Crippen LogP contribution in [-0.2, 0) is 10.0 Å². The number of halogens is 1. The van der Waals surface area contributed by atoms with E-state index < -0.39 is 10.0 Å². The van der Waals surface area contributed by atoms with E-state index in [1.165, 1.54) is 16.4 Å². The first-order valence-corrected chi connectivity index (χ1v) is 11.5. The Balaban J connectivity index is 1.56. The Hall–Kier alpha value is -2.48. The first kappa shape index (κ1) is 20.8. The van der Waals surface area contributed by atoms with E-state index >= 15 is 0 Å². The smallest absolute Gasteiger partial charge is 0.254 e. The predicted octanol–water partition coefficient (Wildman–Crippen LogP) is 3.65. The van der Waals surface area contributed by atoms with Gasteiger partial charge in [0.05, 0.1) is 16.0 Å². The predicted molar refractivity (Wildman–Crippen MR) is 117 cm³/mol. The fourth-order valence-corrected chi connectivity index (χ4v) is 5.45. The average molecular weight is 444 g/mol. The van der Waals surface area contributed by atoms with E-state index in [1.54, 1.807) is 23.1 Å². The third-order valence-electron chi connectivity index (χ3n) is 5.28. The summed E-state index contributed by atoms with van der Waals surface area (Å²) in [6.07, 6.45) is 0. The van der Waals surface area contributed by atoms with Gasteiger partial charge in [0.15, 0.2) is 0 Å². The summed E-state index contributed by atoms with van der Waals surface area (Å²) in [4.78, 5) is 19.7. The number of hydrogen-bond acceptors (Lipinski definition) is 4. The number of fused-ring (bicyclic) bond motifs is 1. The highest BCUT2D eigenvalue weighted by atomic mass is 35.5. The zero-order chi connectivity index (χ0) is 21.5. The van der Waals surface area contributed by atoms with Crippen molar-refractivity contribution in [3.8, 4) is 0 Å². The maximum atomic E-state index is 13.3. The van der Waals surface area contributed by atoms with Crippen molar-refractivity contribution in [1.29, 1.82) is 0 Å². The molecule has 0 N–H and O–H groups in total. The third-order valence-corrected chi connectivity index (χ3v) is 7.41. The SMILES string of the molecule is Cc1ccc2nc(C)cc(C(=O)N3CCN(S(=O)(=O)c4cccc(Cl)c4)CC3)c2c1. The van der Waals surface area contributed by atoms with Gasteiger partial charge in [0.25, 0.3) is 5.91 Å². The molecule has 8 heteroatoms. The van der Waals surface area contributed by atoms with Gasteiger partial charge in [-0.15, -0.1) is 0 Å². The van der Waals surface area contributed by atoms with Gasteiger partial charge >= 0.3 is 0 Å². The normalized spacial score (nSPS) is 15.5. The van der Waals surface area contributed by atoms with E-state index in [9.17, 15) is 13.2 Å². The molecule has 6 nitrogen and oxygen atoms in total. The summed E-state index contributed by atoms with van der Waals surface area (Å²) in [5.74, 6) is -0.101. The maximum Gasteiger partial charge on any atom is 0.254 e. The molecule has 156 valence electrons. The van der Waals surface area contributed by atoms with Gasteiger partial charge in [-0.2, -0.15) is 4.31 Å². The summed E-state index contributed by atoms with van der Waals surface area (Å²) < 4.78 is 27.2. The highest BCUT2D eigenvalue weighted by Gasteiger charge is 2.31. The van der Waals surface area contributed by atoms with E-state index in [0.717, 1.165) is 22.2 Å². The molecule has 0 bridgehead atoms. The number of hydrogen-bond donors (Lipinski definition) is 0. The summed E-state index contributed by atoms with van der Waals surface area (Å²) in [5, 5.41) is 1.19. The van der Waals surface area contributed by atoms with E-state index in [1.807, 2.05) is 32.0 Å². The topological polar surface area (TPSA) is 70.6 Å². The molecule has 1 aromatic heterocycles. The van der Waals surface area contributed by atoms with Crippen molar-refractivity contribution < 1.29 is 13.2 Å². The van der Waals surface area contributed by atoms with Crippen LogP contribution in [0, 0.1) is 13.8 Å². The molecule has 1 aliphatic heterocycles. The molecule has 1 fully saturated rings. The second-order valence-electron chi connectivity index (χ2n) is 7.49. The molecule has 1 amide bonds. The minimum atomic E-state index is -3.64. The lowest BCUT2D eigenvalue weighted by molar-refractivity contribution is 0.0699. The molecular formula is C22H22ClN3O3S. The van der Waals surface area contributed by atoms with Crippen molar-refractivity contribution in [1.82, 2.24) is 14.2 Å². The van der Waals surface area contributed by atoms with Gasteiger partial charge in [-0.05, 0) is 50.2 Å². The number of aromatic nitrogens is 1. The largest absolute Gasteiger partial charge is 0.336 e. The molecule has 0 spiro atoms. The lowest BCUT2D eigenvalue weighted by Gasteiger charge is -2.34. The van der Waals surface area contributed by atoms with Crippen molar-refractivity contribution in [2.24, 2.45) is 0 Å². The Kier molecular flexibility index (Phi) is 5.53. The Morgan fingerprint density at radius 2 is 1.73 bits per heavy atom. The minimum absolute atomic E-state index is 0.101. The molecule has 30 heavy (non-hydrogen) atoms. The van der Waals surface area contributed by atoms with Crippen LogP contribution in [0.3, 0.4) is 0 Å². The molecule has 1 aliphatic rings. The molecule has 0 atom stereocenters. The number of carbonyl (C=O) groups is 1. The van der Waals surface area contributed by atoms with E-state index in [-0.39, 0.29) is 23.9 Å². The Bertz CT molecular complexity index is 1240. The monoisotopic (exact) mass is 443 g/mol. The Morgan fingerprint density at radius 3 is 2.43 bits per heavy atom. The second-order valence-corrected chi connectivity index (χ2v) is 9.86. The number of piperazine rings is 1. The lowest BCUT2D eigenvalue weighted by atomic mass is 10.0. The Labute approximate surface area is 181 Å². The van der Waals surface area contributed by atoms with Crippen LogP contribution >= 0.6 is 11.6 Å². The van der Waals surface area contributed by atoms with Crippen molar-refractivity contribution >= 4 is 38.4 Å². The molecular weight excluding hydrogens is 422 g/mol. The van der Waals surface area contributed by atoms with Crippen molar-refractivity contribution in [3.63, 3.8) is 0 Å². The fraction of sp³-hybridized carbons (Fsp3) is 0.273. The molecule has 1 saturated heterocycles. The summed E-state index contributed by atoms with van der Waals surface area (Å²) in [7, 11) is -3.64. The summed E-state index contributed by atoms with van der Waals surface area (Å²) >= 11 is 5.95. The number of nitrogens with zero attached hydrogens (tertiary/aromatic N) is 3. The van der Waals surface area contributed by atoms with Crippen molar-refractivity contribution in [2.75, 3.05) is 26.2 Å². The zero-order valence-corrected chi connectivity index (χ0v) is 18.4. The molecule has 0 aliphatic carbocycles. The van der Waals surface area contributed by atoms with Gasteiger partial charge in [-0.25, -0.2) is 8.42 Å². The summed E-state index contributed by atoms with van der Waals surface area (Å²) in [6, 6.07) is 13.9.